The van der Waals surface area contributed by atoms with Crippen LogP contribution in [-0.4, -0.2) is 45.7 Å². The van der Waals surface area contributed by atoms with Gasteiger partial charge in [-0.05, 0) is 31.8 Å². The van der Waals surface area contributed by atoms with Crippen LogP contribution in [0.2, 0.25) is 0 Å². The van der Waals surface area contributed by atoms with E-state index < -0.39 is 11.9 Å². The summed E-state index contributed by atoms with van der Waals surface area (Å²) in [5.74, 6) is 0.973. The first kappa shape index (κ1) is 19.5. The largest absolute Gasteiger partial charge is 0.369 e. The molecule has 0 atom stereocenters. The summed E-state index contributed by atoms with van der Waals surface area (Å²) in [5, 5.41) is 19.1. The highest BCUT2D eigenvalue weighted by Gasteiger charge is 2.34. The highest BCUT2D eigenvalue weighted by molar-refractivity contribution is 6.14. The normalized spacial score (nSPS) is 21.4. The van der Waals surface area contributed by atoms with Crippen LogP contribution in [0.1, 0.15) is 44.1 Å². The van der Waals surface area contributed by atoms with Crippen LogP contribution in [0, 0.1) is 10.3 Å². The van der Waals surface area contributed by atoms with Gasteiger partial charge in [0.1, 0.15) is 17.3 Å². The summed E-state index contributed by atoms with van der Waals surface area (Å²) >= 11 is 0. The second kappa shape index (κ2) is 7.64. The number of hydrogen-bond acceptors (Lipinski definition) is 8. The number of hydrogen-bond donors (Lipinski definition) is 4. The van der Waals surface area contributed by atoms with E-state index in [1.807, 2.05) is 6.07 Å². The average molecular weight is 424 g/mol. The summed E-state index contributed by atoms with van der Waals surface area (Å²) in [6.07, 6.45) is 9.54. The molecule has 3 fully saturated rings. The molecule has 2 saturated carbocycles. The van der Waals surface area contributed by atoms with Crippen molar-refractivity contribution in [1.29, 1.82) is 0 Å². The number of fused-ring (bicyclic) bond motifs is 1. The van der Waals surface area contributed by atoms with Crippen molar-refractivity contribution in [2.45, 2.75) is 44.6 Å². The zero-order valence-electron chi connectivity index (χ0n) is 17.0. The van der Waals surface area contributed by atoms with Crippen molar-refractivity contribution in [1.82, 2.24) is 25.2 Å². The Bertz CT molecular complexity index is 1080. The standard InChI is InChI=1S/C20H24N8O3/c29-18-14(25-19(30)27-18)7-12-9-22-28-16(24-13-3-4-13)8-15(26-17(12)28)21-10-20(11-23-31)5-1-2-6-20/h7-9,13,24H,1-6,10-11H2,(H,21,26)(H2,25,27,29,30)/b14-7-. The van der Waals surface area contributed by atoms with Crippen molar-refractivity contribution in [3.63, 3.8) is 0 Å². The molecule has 1 aliphatic heterocycles. The molecule has 2 aromatic rings. The summed E-state index contributed by atoms with van der Waals surface area (Å²) in [4.78, 5) is 39.0. The van der Waals surface area contributed by atoms with Crippen LogP contribution in [0.3, 0.4) is 0 Å². The van der Waals surface area contributed by atoms with Crippen LogP contribution in [0.15, 0.2) is 23.1 Å². The van der Waals surface area contributed by atoms with Crippen molar-refractivity contribution >= 4 is 35.3 Å². The number of rotatable bonds is 8. The fourth-order valence-electron chi connectivity index (χ4n) is 4.28. The van der Waals surface area contributed by atoms with Gasteiger partial charge in [-0.1, -0.05) is 18.0 Å². The Balaban J connectivity index is 1.48. The molecule has 5 rings (SSSR count). The van der Waals surface area contributed by atoms with E-state index in [-0.39, 0.29) is 11.1 Å². The topological polar surface area (TPSA) is 142 Å². The maximum atomic E-state index is 11.9. The molecule has 3 heterocycles. The van der Waals surface area contributed by atoms with E-state index in [1.165, 1.54) is 0 Å². The molecule has 11 nitrogen and oxygen atoms in total. The second-order valence-electron chi connectivity index (χ2n) is 8.59. The quantitative estimate of drug-likeness (QED) is 0.289. The van der Waals surface area contributed by atoms with Gasteiger partial charge < -0.3 is 16.0 Å². The third kappa shape index (κ3) is 3.94. The number of anilines is 2. The number of aromatic nitrogens is 3. The molecule has 11 heteroatoms. The van der Waals surface area contributed by atoms with Crippen molar-refractivity contribution in [3.8, 4) is 0 Å². The monoisotopic (exact) mass is 424 g/mol. The Morgan fingerprint density at radius 2 is 2.06 bits per heavy atom. The molecule has 0 aromatic carbocycles. The zero-order chi connectivity index (χ0) is 21.4. The number of nitroso groups, excluding NO2 is 1. The van der Waals surface area contributed by atoms with Gasteiger partial charge in [0.05, 0.1) is 12.7 Å². The minimum Gasteiger partial charge on any atom is -0.369 e. The van der Waals surface area contributed by atoms with Crippen molar-refractivity contribution in [2.24, 2.45) is 10.6 Å². The molecular formula is C20H24N8O3. The molecule has 0 bridgehead atoms. The first-order valence-electron chi connectivity index (χ1n) is 10.6. The van der Waals surface area contributed by atoms with Gasteiger partial charge in [-0.15, -0.1) is 0 Å². The maximum Gasteiger partial charge on any atom is 0.326 e. The molecule has 162 valence electrons. The van der Waals surface area contributed by atoms with Gasteiger partial charge in [0.2, 0.25) is 0 Å². The summed E-state index contributed by atoms with van der Waals surface area (Å²) in [6.45, 7) is 0.919. The van der Waals surface area contributed by atoms with Crippen LogP contribution in [-0.2, 0) is 4.79 Å². The van der Waals surface area contributed by atoms with E-state index in [0.717, 1.165) is 44.3 Å². The molecule has 3 aliphatic rings. The Hall–Kier alpha value is -3.50. The summed E-state index contributed by atoms with van der Waals surface area (Å²) in [6, 6.07) is 1.77. The van der Waals surface area contributed by atoms with Crippen LogP contribution in [0.4, 0.5) is 16.4 Å². The predicted molar refractivity (Wildman–Crippen MR) is 114 cm³/mol. The minimum absolute atomic E-state index is 0.128. The third-order valence-corrected chi connectivity index (χ3v) is 6.16. The Morgan fingerprint density at radius 1 is 1.26 bits per heavy atom. The van der Waals surface area contributed by atoms with Crippen LogP contribution < -0.4 is 21.3 Å². The molecule has 31 heavy (non-hydrogen) atoms. The molecule has 0 spiro atoms. The van der Waals surface area contributed by atoms with E-state index in [9.17, 15) is 14.5 Å². The van der Waals surface area contributed by atoms with Crippen LogP contribution >= 0.6 is 0 Å². The number of nitrogens with zero attached hydrogens (tertiary/aromatic N) is 4. The molecular weight excluding hydrogens is 400 g/mol. The van der Waals surface area contributed by atoms with Crippen molar-refractivity contribution in [2.75, 3.05) is 23.7 Å². The summed E-state index contributed by atoms with van der Waals surface area (Å²) in [7, 11) is 0. The average Bonchev–Trinajstić information content (AvgIpc) is 3.14. The summed E-state index contributed by atoms with van der Waals surface area (Å²) < 4.78 is 1.70. The molecule has 4 N–H and O–H groups in total. The fraction of sp³-hybridized carbons (Fsp3) is 0.500. The van der Waals surface area contributed by atoms with Gasteiger partial charge in [0.15, 0.2) is 5.65 Å². The highest BCUT2D eigenvalue weighted by atomic mass is 16.3. The number of imide groups is 1. The maximum absolute atomic E-state index is 11.9. The fourth-order valence-corrected chi connectivity index (χ4v) is 4.28. The third-order valence-electron chi connectivity index (χ3n) is 6.16. The molecule has 2 aromatic heterocycles. The first-order valence-corrected chi connectivity index (χ1v) is 10.6. The predicted octanol–water partition coefficient (Wildman–Crippen LogP) is 2.22. The number of nitrogens with one attached hydrogen (secondary N) is 4. The van der Waals surface area contributed by atoms with Gasteiger partial charge >= 0.3 is 6.03 Å². The van der Waals surface area contributed by atoms with Gasteiger partial charge in [0.25, 0.3) is 5.91 Å². The molecule has 0 radical (unpaired) electrons. The van der Waals surface area contributed by atoms with Crippen molar-refractivity contribution in [3.05, 3.63) is 28.4 Å². The second-order valence-corrected chi connectivity index (χ2v) is 8.59. The number of carbonyl (C=O) groups is 2. The molecule has 2 aliphatic carbocycles. The Morgan fingerprint density at radius 3 is 2.74 bits per heavy atom. The minimum atomic E-state index is -0.551. The number of amides is 3. The van der Waals surface area contributed by atoms with Gasteiger partial charge in [-0.2, -0.15) is 14.5 Å². The highest BCUT2D eigenvalue weighted by Crippen LogP contribution is 2.38. The Labute approximate surface area is 178 Å². The molecule has 1 saturated heterocycles. The van der Waals surface area contributed by atoms with Gasteiger partial charge in [-0.25, -0.2) is 9.78 Å². The lowest BCUT2D eigenvalue weighted by atomic mass is 9.86. The van der Waals surface area contributed by atoms with Crippen LogP contribution in [0.25, 0.3) is 11.7 Å². The smallest absolute Gasteiger partial charge is 0.326 e. The lowest BCUT2D eigenvalue weighted by Crippen LogP contribution is -2.30. The number of carbonyl (C=O) groups excluding carboxylic acids is 2. The van der Waals surface area contributed by atoms with E-state index in [1.54, 1.807) is 16.8 Å². The van der Waals surface area contributed by atoms with E-state index in [4.69, 9.17) is 4.98 Å². The zero-order valence-corrected chi connectivity index (χ0v) is 17.0. The van der Waals surface area contributed by atoms with Crippen molar-refractivity contribution < 1.29 is 9.59 Å². The number of urea groups is 1. The van der Waals surface area contributed by atoms with Crippen LogP contribution in [0.5, 0.6) is 0 Å². The van der Waals surface area contributed by atoms with E-state index in [2.05, 4.69) is 31.5 Å². The lowest BCUT2D eigenvalue weighted by molar-refractivity contribution is -0.115. The Kier molecular flexibility index (Phi) is 4.79. The molecule has 3 amide bonds. The van der Waals surface area contributed by atoms with Gasteiger partial charge in [-0.3, -0.25) is 10.1 Å². The van der Waals surface area contributed by atoms with E-state index in [0.29, 0.717) is 36.2 Å². The lowest BCUT2D eigenvalue weighted by Gasteiger charge is -2.26. The van der Waals surface area contributed by atoms with E-state index >= 15 is 0 Å². The SMILES string of the molecule is O=NCC1(CNc2cc(NC3CC3)n3ncc(/C=C4\NC(=O)NC4=O)c3n2)CCCC1. The molecule has 0 unspecified atom stereocenters. The summed E-state index contributed by atoms with van der Waals surface area (Å²) in [5.41, 5.74) is 1.19. The first-order chi connectivity index (χ1) is 15.0. The van der Waals surface area contributed by atoms with Gasteiger partial charge in [0, 0.05) is 29.6 Å².